The first kappa shape index (κ1) is 37.8. The van der Waals surface area contributed by atoms with Crippen molar-refractivity contribution in [3.8, 4) is 11.5 Å². The number of aliphatic hydroxyl groups is 1. The second kappa shape index (κ2) is 18.7. The van der Waals surface area contributed by atoms with Crippen molar-refractivity contribution >= 4 is 32.9 Å². The monoisotopic (exact) mass is 774 g/mol. The molecule has 3 aliphatic rings. The van der Waals surface area contributed by atoms with E-state index in [9.17, 15) is 19.8 Å². The third kappa shape index (κ3) is 9.95. The maximum absolute atomic E-state index is 13.2. The Morgan fingerprint density at radius 3 is 2.40 bits per heavy atom. The van der Waals surface area contributed by atoms with E-state index in [2.05, 4.69) is 36.4 Å². The summed E-state index contributed by atoms with van der Waals surface area (Å²) in [6, 6.07) is 21.8. The number of nitrogens with one attached hydrogen (secondary N) is 3. The van der Waals surface area contributed by atoms with E-state index in [1.165, 1.54) is 18.6 Å². The van der Waals surface area contributed by atoms with E-state index in [-0.39, 0.29) is 29.5 Å². The first-order chi connectivity index (χ1) is 25.4. The maximum Gasteiger partial charge on any atom is 0.408 e. The zero-order valence-electron chi connectivity index (χ0n) is 29.7. The molecule has 3 fully saturated rings. The summed E-state index contributed by atoms with van der Waals surface area (Å²) in [5, 5.41) is 27.9. The number of rotatable bonds is 18. The Bertz CT molecular complexity index is 1810. The molecule has 3 aliphatic heterocycles. The van der Waals surface area contributed by atoms with Crippen molar-refractivity contribution < 1.29 is 24.5 Å². The number of halogens is 1. The number of unbranched alkanes of at least 4 members (excludes halogenated alkanes) is 6. The standard InChI is InChI=1S/C41H51BrN4O6/c42-38-32(39(29-12-7-6-8-13-29)45-41(50)52-36-27-46-23-20-28(36)21-24-46)14-11-15-35(38)51-25-10-5-3-1-2-4-9-22-43-26-34(48)30-16-18-33(47)40-31(30)17-19-37(49)44-40/h6-8,11-19,28,34,36,39,43,47-48H,1-5,9-10,20-27H2,(H,44,49)(H,45,50). The minimum Gasteiger partial charge on any atom is -0.506 e. The first-order valence-corrected chi connectivity index (χ1v) is 19.6. The summed E-state index contributed by atoms with van der Waals surface area (Å²) in [6.07, 6.45) is 8.65. The number of aromatic nitrogens is 1. The number of fused-ring (bicyclic) bond motifs is 4. The summed E-state index contributed by atoms with van der Waals surface area (Å²) in [7, 11) is 0. The minimum absolute atomic E-state index is 0.0107. The van der Waals surface area contributed by atoms with Crippen molar-refractivity contribution in [2.24, 2.45) is 5.92 Å². The molecule has 4 heterocycles. The van der Waals surface area contributed by atoms with Gasteiger partial charge in [0.05, 0.1) is 28.7 Å². The lowest BCUT2D eigenvalue weighted by Gasteiger charge is -2.43. The Morgan fingerprint density at radius 2 is 1.65 bits per heavy atom. The third-order valence-electron chi connectivity index (χ3n) is 10.4. The van der Waals surface area contributed by atoms with Gasteiger partial charge in [0, 0.05) is 24.5 Å². The average molecular weight is 776 g/mol. The molecular formula is C41H51BrN4O6. The fraction of sp³-hybridized carbons (Fsp3) is 0.463. The number of phenols is 1. The molecule has 3 unspecified atom stereocenters. The Labute approximate surface area is 314 Å². The van der Waals surface area contributed by atoms with E-state index < -0.39 is 6.10 Å². The van der Waals surface area contributed by atoms with E-state index in [0.29, 0.717) is 35.5 Å². The zero-order chi connectivity index (χ0) is 36.3. The highest BCUT2D eigenvalue weighted by Crippen LogP contribution is 2.36. The molecule has 7 rings (SSSR count). The summed E-state index contributed by atoms with van der Waals surface area (Å²) in [5.41, 5.74) is 2.62. The summed E-state index contributed by atoms with van der Waals surface area (Å²) in [5.74, 6) is 1.20. The van der Waals surface area contributed by atoms with Gasteiger partial charge in [0.25, 0.3) is 0 Å². The van der Waals surface area contributed by atoms with Crippen molar-refractivity contribution in [1.29, 1.82) is 0 Å². The molecule has 3 aromatic carbocycles. The maximum atomic E-state index is 13.2. The fourth-order valence-electron chi connectivity index (χ4n) is 7.50. The molecule has 1 amide bonds. The number of hydrogen-bond donors (Lipinski definition) is 5. The highest BCUT2D eigenvalue weighted by molar-refractivity contribution is 9.10. The van der Waals surface area contributed by atoms with Gasteiger partial charge in [-0.25, -0.2) is 4.79 Å². The van der Waals surface area contributed by atoms with E-state index in [1.807, 2.05) is 48.5 Å². The minimum atomic E-state index is -0.746. The van der Waals surface area contributed by atoms with Crippen molar-refractivity contribution in [2.45, 2.75) is 76.0 Å². The molecule has 2 bridgehead atoms. The molecule has 10 nitrogen and oxygen atoms in total. The summed E-state index contributed by atoms with van der Waals surface area (Å²) >= 11 is 3.79. The number of pyridine rings is 1. The highest BCUT2D eigenvalue weighted by atomic mass is 79.9. The number of aliphatic hydroxyl groups excluding tert-OH is 1. The van der Waals surface area contributed by atoms with Gasteiger partial charge in [0.15, 0.2) is 0 Å². The van der Waals surface area contributed by atoms with E-state index in [0.717, 1.165) is 98.9 Å². The number of ether oxygens (including phenoxy) is 2. The Morgan fingerprint density at radius 1 is 0.904 bits per heavy atom. The number of carbonyl (C=O) groups is 1. The lowest BCUT2D eigenvalue weighted by atomic mass is 9.86. The fourth-order valence-corrected chi connectivity index (χ4v) is 8.11. The predicted octanol–water partition coefficient (Wildman–Crippen LogP) is 7.34. The number of benzene rings is 3. The lowest BCUT2D eigenvalue weighted by molar-refractivity contribution is -0.0336. The SMILES string of the molecule is O=C(NC(c1ccccc1)c1cccc(OCCCCCCCCCNCC(O)c2ccc(O)c3[nH]c(=O)ccc23)c1Br)OC1CN2CCC1CC2. The number of piperidine rings is 3. The van der Waals surface area contributed by atoms with Gasteiger partial charge in [-0.15, -0.1) is 0 Å². The molecule has 3 atom stereocenters. The number of alkyl carbamates (subject to hydrolysis) is 1. The molecule has 52 heavy (non-hydrogen) atoms. The van der Waals surface area contributed by atoms with Crippen LogP contribution in [0.2, 0.25) is 0 Å². The molecular weight excluding hydrogens is 724 g/mol. The molecule has 11 heteroatoms. The van der Waals surface area contributed by atoms with Gasteiger partial charge in [-0.05, 0) is 102 Å². The molecule has 0 radical (unpaired) electrons. The van der Waals surface area contributed by atoms with Crippen molar-refractivity contribution in [1.82, 2.24) is 20.5 Å². The Kier molecular flexibility index (Phi) is 13.6. The van der Waals surface area contributed by atoms with Crippen molar-refractivity contribution in [2.75, 3.05) is 39.3 Å². The predicted molar refractivity (Wildman–Crippen MR) is 207 cm³/mol. The molecule has 5 N–H and O–H groups in total. The lowest BCUT2D eigenvalue weighted by Crippen LogP contribution is -2.52. The van der Waals surface area contributed by atoms with Gasteiger partial charge in [-0.1, -0.05) is 80.6 Å². The van der Waals surface area contributed by atoms with Crippen LogP contribution in [0.25, 0.3) is 10.9 Å². The molecule has 3 saturated heterocycles. The van der Waals surface area contributed by atoms with Crippen LogP contribution in [-0.4, -0.2) is 71.6 Å². The van der Waals surface area contributed by atoms with Crippen LogP contribution in [-0.2, 0) is 4.74 Å². The quantitative estimate of drug-likeness (QED) is 0.0663. The smallest absolute Gasteiger partial charge is 0.408 e. The molecule has 0 spiro atoms. The van der Waals surface area contributed by atoms with Crippen LogP contribution in [0.4, 0.5) is 4.79 Å². The summed E-state index contributed by atoms with van der Waals surface area (Å²) < 4.78 is 13.1. The van der Waals surface area contributed by atoms with Gasteiger partial charge in [0.2, 0.25) is 5.56 Å². The van der Waals surface area contributed by atoms with Gasteiger partial charge >= 0.3 is 6.09 Å². The number of carbonyl (C=O) groups excluding carboxylic acids is 1. The number of amides is 1. The van der Waals surface area contributed by atoms with Crippen LogP contribution >= 0.6 is 15.9 Å². The van der Waals surface area contributed by atoms with Gasteiger partial charge < -0.3 is 35.3 Å². The van der Waals surface area contributed by atoms with Crippen LogP contribution in [0.3, 0.4) is 0 Å². The van der Waals surface area contributed by atoms with Crippen LogP contribution in [0.15, 0.2) is 82.1 Å². The number of aromatic hydroxyl groups is 1. The molecule has 4 aromatic rings. The zero-order valence-corrected chi connectivity index (χ0v) is 31.3. The number of hydrogen-bond acceptors (Lipinski definition) is 8. The van der Waals surface area contributed by atoms with Gasteiger partial charge in [-0.2, -0.15) is 0 Å². The molecule has 0 saturated carbocycles. The van der Waals surface area contributed by atoms with Gasteiger partial charge in [-0.3, -0.25) is 9.69 Å². The largest absolute Gasteiger partial charge is 0.506 e. The van der Waals surface area contributed by atoms with Crippen LogP contribution in [0.1, 0.15) is 86.6 Å². The second-order valence-electron chi connectivity index (χ2n) is 14.1. The molecule has 0 aliphatic carbocycles. The third-order valence-corrected chi connectivity index (χ3v) is 11.3. The second-order valence-corrected chi connectivity index (χ2v) is 14.9. The molecule has 278 valence electrons. The summed E-state index contributed by atoms with van der Waals surface area (Å²) in [4.78, 5) is 29.9. The molecule has 1 aromatic heterocycles. The highest BCUT2D eigenvalue weighted by Gasteiger charge is 2.37. The normalized spacial score (nSPS) is 19.3. The van der Waals surface area contributed by atoms with Crippen molar-refractivity contribution in [3.05, 3.63) is 104 Å². The van der Waals surface area contributed by atoms with Crippen LogP contribution in [0, 0.1) is 5.92 Å². The van der Waals surface area contributed by atoms with Crippen LogP contribution < -0.4 is 20.9 Å². The Hall–Kier alpha value is -3.90. The Balaban J connectivity index is 0.881. The van der Waals surface area contributed by atoms with Gasteiger partial charge in [0.1, 0.15) is 17.6 Å². The number of aromatic amines is 1. The number of phenolic OH excluding ortho intramolecular Hbond substituents is 1. The van der Waals surface area contributed by atoms with Crippen molar-refractivity contribution in [3.63, 3.8) is 0 Å². The number of nitrogens with zero attached hydrogens (tertiary/aromatic N) is 1. The first-order valence-electron chi connectivity index (χ1n) is 18.8. The number of H-pyrrole nitrogens is 1. The van der Waals surface area contributed by atoms with E-state index >= 15 is 0 Å². The van der Waals surface area contributed by atoms with Crippen LogP contribution in [0.5, 0.6) is 11.5 Å². The van der Waals surface area contributed by atoms with E-state index in [1.54, 1.807) is 12.1 Å². The topological polar surface area (TPSA) is 136 Å². The summed E-state index contributed by atoms with van der Waals surface area (Å²) in [6.45, 7) is 4.84. The van der Waals surface area contributed by atoms with E-state index in [4.69, 9.17) is 9.47 Å². The average Bonchev–Trinajstić information content (AvgIpc) is 3.16.